The molecule has 8 nitrogen and oxygen atoms in total. The fourth-order valence-corrected chi connectivity index (χ4v) is 4.52. The van der Waals surface area contributed by atoms with Crippen LogP contribution in [0.25, 0.3) is 0 Å². The molecule has 2 N–H and O–H groups in total. The second-order valence-corrected chi connectivity index (χ2v) is 9.33. The van der Waals surface area contributed by atoms with Gasteiger partial charge in [-0.25, -0.2) is 19.0 Å². The Hall–Kier alpha value is -2.98. The van der Waals surface area contributed by atoms with Crippen molar-refractivity contribution in [2.24, 2.45) is 0 Å². The van der Waals surface area contributed by atoms with E-state index >= 15 is 0 Å². The number of nitrogens with zero attached hydrogens (tertiary/aromatic N) is 2. The molecule has 0 aromatic carbocycles. The molecule has 1 atom stereocenters. The summed E-state index contributed by atoms with van der Waals surface area (Å²) in [5, 5.41) is 16.4. The zero-order valence-corrected chi connectivity index (χ0v) is 20.5. The number of rotatable bonds is 4. The summed E-state index contributed by atoms with van der Waals surface area (Å²) < 4.78 is 89.0. The summed E-state index contributed by atoms with van der Waals surface area (Å²) in [5.74, 6) is -5.81. The number of thiophene rings is 1. The second kappa shape index (κ2) is 12.7. The van der Waals surface area contributed by atoms with Gasteiger partial charge in [0.1, 0.15) is 6.10 Å². The summed E-state index contributed by atoms with van der Waals surface area (Å²) in [6.07, 6.45) is -7.07. The third kappa shape index (κ3) is 9.40. The van der Waals surface area contributed by atoms with Gasteiger partial charge in [-0.2, -0.15) is 26.3 Å². The number of aliphatic carboxylic acids is 2. The highest BCUT2D eigenvalue weighted by molar-refractivity contribution is 7.10. The molecule has 1 spiro atoms. The van der Waals surface area contributed by atoms with Crippen LogP contribution >= 0.6 is 11.3 Å². The molecule has 0 radical (unpaired) electrons. The number of ether oxygens (including phenoxy) is 2. The molecule has 38 heavy (non-hydrogen) atoms. The number of likely N-dealkylation sites (tertiary alicyclic amines) is 1. The maximum absolute atomic E-state index is 13.7. The Morgan fingerprint density at radius 3 is 2.21 bits per heavy atom. The van der Waals surface area contributed by atoms with Gasteiger partial charge in [0.25, 0.3) is 5.88 Å². The third-order valence-electron chi connectivity index (χ3n) is 5.29. The predicted octanol–water partition coefficient (Wildman–Crippen LogP) is 4.67. The number of hydrogen-bond acceptors (Lipinski definition) is 7. The average molecular weight is 576 g/mol. The van der Waals surface area contributed by atoms with Gasteiger partial charge in [-0.3, -0.25) is 4.90 Å². The fourth-order valence-electron chi connectivity index (χ4n) is 3.57. The number of hydrogen-bond donors (Lipinski definition) is 2. The van der Waals surface area contributed by atoms with Gasteiger partial charge < -0.3 is 19.7 Å². The van der Waals surface area contributed by atoms with Crippen molar-refractivity contribution in [2.75, 3.05) is 19.7 Å². The normalized spacial score (nSPS) is 18.8. The van der Waals surface area contributed by atoms with E-state index in [9.17, 15) is 30.7 Å². The van der Waals surface area contributed by atoms with E-state index in [4.69, 9.17) is 29.3 Å². The highest BCUT2D eigenvalue weighted by atomic mass is 32.1. The van der Waals surface area contributed by atoms with Crippen LogP contribution in [-0.4, -0.2) is 75.8 Å². The van der Waals surface area contributed by atoms with Crippen LogP contribution in [0.2, 0.25) is 0 Å². The molecule has 0 aliphatic carbocycles. The lowest BCUT2D eigenvalue weighted by Crippen LogP contribution is -2.65. The van der Waals surface area contributed by atoms with Gasteiger partial charge in [0.15, 0.2) is 5.82 Å². The number of carboxylic acid groups (broad SMARTS) is 2. The van der Waals surface area contributed by atoms with E-state index in [0.29, 0.717) is 6.61 Å². The zero-order chi connectivity index (χ0) is 28.7. The van der Waals surface area contributed by atoms with Crippen LogP contribution in [0.4, 0.5) is 30.7 Å². The SMILES string of the molecule is Cc1ccsc1CN1CC2(CC(Oc3ncccc3F)CCO2)C1.O=C(O)C(F)(F)F.O=C(O)C(F)(F)F. The topological polar surface area (TPSA) is 109 Å². The number of carbonyl (C=O) groups is 2. The van der Waals surface area contributed by atoms with Crippen LogP contribution in [0, 0.1) is 12.7 Å². The minimum atomic E-state index is -5.08. The summed E-state index contributed by atoms with van der Waals surface area (Å²) in [7, 11) is 0. The lowest BCUT2D eigenvalue weighted by molar-refractivity contribution is -0.193. The largest absolute Gasteiger partial charge is 0.490 e. The first-order chi connectivity index (χ1) is 17.5. The van der Waals surface area contributed by atoms with Crippen molar-refractivity contribution in [1.29, 1.82) is 0 Å². The molecule has 1 unspecified atom stereocenters. The van der Waals surface area contributed by atoms with Gasteiger partial charge >= 0.3 is 24.3 Å². The fraction of sp³-hybridized carbons (Fsp3) is 0.500. The van der Waals surface area contributed by atoms with Crippen LogP contribution in [0.1, 0.15) is 23.3 Å². The number of aryl methyl sites for hydroxylation is 1. The van der Waals surface area contributed by atoms with E-state index in [1.807, 2.05) is 11.3 Å². The molecule has 4 heterocycles. The summed E-state index contributed by atoms with van der Waals surface area (Å²) in [6, 6.07) is 5.12. The monoisotopic (exact) mass is 576 g/mol. The van der Waals surface area contributed by atoms with Crippen molar-refractivity contribution in [2.45, 2.75) is 50.4 Å². The van der Waals surface area contributed by atoms with Gasteiger partial charge in [-0.1, -0.05) is 0 Å². The lowest BCUT2D eigenvalue weighted by Gasteiger charge is -2.53. The molecule has 2 aromatic heterocycles. The Balaban J connectivity index is 0.000000301. The van der Waals surface area contributed by atoms with Gasteiger partial charge in [0, 0.05) is 43.5 Å². The molecule has 0 bridgehead atoms. The van der Waals surface area contributed by atoms with Crippen LogP contribution in [-0.2, 0) is 20.9 Å². The first-order valence-electron chi connectivity index (χ1n) is 10.8. The number of carboxylic acids is 2. The third-order valence-corrected chi connectivity index (χ3v) is 6.30. The molecule has 2 aliphatic heterocycles. The summed E-state index contributed by atoms with van der Waals surface area (Å²) >= 11 is 1.81. The molecule has 0 saturated carbocycles. The van der Waals surface area contributed by atoms with E-state index in [0.717, 1.165) is 32.5 Å². The smallest absolute Gasteiger partial charge is 0.475 e. The van der Waals surface area contributed by atoms with Crippen molar-refractivity contribution < 1.29 is 60.0 Å². The van der Waals surface area contributed by atoms with E-state index in [1.165, 1.54) is 16.5 Å². The molecule has 2 aliphatic rings. The van der Waals surface area contributed by atoms with Crippen LogP contribution in [0.3, 0.4) is 0 Å². The Bertz CT molecular complexity index is 1060. The molecule has 212 valence electrons. The van der Waals surface area contributed by atoms with Crippen LogP contribution in [0.5, 0.6) is 5.88 Å². The summed E-state index contributed by atoms with van der Waals surface area (Å²) in [4.78, 5) is 25.6. The molecule has 16 heteroatoms. The van der Waals surface area contributed by atoms with E-state index in [-0.39, 0.29) is 17.6 Å². The van der Waals surface area contributed by atoms with E-state index in [2.05, 4.69) is 28.3 Å². The van der Waals surface area contributed by atoms with Crippen molar-refractivity contribution in [3.05, 3.63) is 46.0 Å². The maximum atomic E-state index is 13.7. The number of halogens is 7. The number of aromatic nitrogens is 1. The highest BCUT2D eigenvalue weighted by Gasteiger charge is 2.48. The Morgan fingerprint density at radius 1 is 1.16 bits per heavy atom. The molecule has 0 amide bonds. The minimum absolute atomic E-state index is 0.0335. The Morgan fingerprint density at radius 2 is 1.74 bits per heavy atom. The van der Waals surface area contributed by atoms with Gasteiger partial charge in [-0.05, 0) is 36.1 Å². The predicted molar refractivity (Wildman–Crippen MR) is 118 cm³/mol. The molecule has 2 aromatic rings. The quantitative estimate of drug-likeness (QED) is 0.506. The molecular weight excluding hydrogens is 553 g/mol. The van der Waals surface area contributed by atoms with Crippen molar-refractivity contribution >= 4 is 23.3 Å². The molecule has 2 saturated heterocycles. The standard InChI is InChI=1S/C18H21FN2O2S.2C2HF3O2/c1-13-5-8-24-16(13)10-21-11-18(12-21)9-14(4-7-22-18)23-17-15(19)3-2-6-20-17;2*3-2(4,5)1(6)7/h2-3,5-6,8,14H,4,7,9-12H2,1H3;2*(H,6,7). The van der Waals surface area contributed by atoms with E-state index < -0.39 is 30.1 Å². The molecule has 4 rings (SSSR count). The van der Waals surface area contributed by atoms with Gasteiger partial charge in [-0.15, -0.1) is 11.3 Å². The average Bonchev–Trinajstić information content (AvgIpc) is 3.18. The van der Waals surface area contributed by atoms with Crippen molar-refractivity contribution in [3.8, 4) is 5.88 Å². The molecule has 2 fully saturated rings. The summed E-state index contributed by atoms with van der Waals surface area (Å²) in [6.45, 7) is 5.62. The van der Waals surface area contributed by atoms with Crippen molar-refractivity contribution in [3.63, 3.8) is 0 Å². The van der Waals surface area contributed by atoms with Crippen molar-refractivity contribution in [1.82, 2.24) is 9.88 Å². The maximum Gasteiger partial charge on any atom is 0.490 e. The highest BCUT2D eigenvalue weighted by Crippen LogP contribution is 2.37. The van der Waals surface area contributed by atoms with Crippen LogP contribution < -0.4 is 4.74 Å². The van der Waals surface area contributed by atoms with Gasteiger partial charge in [0.05, 0.1) is 12.2 Å². The number of alkyl halides is 6. The van der Waals surface area contributed by atoms with Crippen LogP contribution in [0.15, 0.2) is 29.8 Å². The first kappa shape index (κ1) is 31.2. The zero-order valence-electron chi connectivity index (χ0n) is 19.7. The molecular formula is C22H23F7N2O6S. The van der Waals surface area contributed by atoms with E-state index in [1.54, 1.807) is 12.3 Å². The second-order valence-electron chi connectivity index (χ2n) is 8.33. The minimum Gasteiger partial charge on any atom is -0.475 e. The van der Waals surface area contributed by atoms with Gasteiger partial charge in [0.2, 0.25) is 0 Å². The Kier molecular flexibility index (Phi) is 10.4. The first-order valence-corrected chi connectivity index (χ1v) is 11.7. The Labute approximate surface area is 215 Å². The number of pyridine rings is 1. The summed E-state index contributed by atoms with van der Waals surface area (Å²) in [5.41, 5.74) is 1.22. The lowest BCUT2D eigenvalue weighted by atomic mass is 9.84.